The fourth-order valence-corrected chi connectivity index (χ4v) is 4.61. The first-order chi connectivity index (χ1) is 10.3. The second-order valence-corrected chi connectivity index (χ2v) is 6.62. The number of aromatic amines is 1. The smallest absolute Gasteiger partial charge is 0.0474 e. The summed E-state index contributed by atoms with van der Waals surface area (Å²) < 4.78 is 2.78. The molecule has 5 rings (SSSR count). The number of benzene rings is 3. The van der Waals surface area contributed by atoms with Crippen LogP contribution in [-0.4, -0.2) is 4.98 Å². The zero-order valence-corrected chi connectivity index (χ0v) is 12.4. The van der Waals surface area contributed by atoms with Crippen LogP contribution >= 0.6 is 11.3 Å². The average Bonchev–Trinajstić information content (AvgIpc) is 3.06. The Morgan fingerprint density at radius 3 is 2.48 bits per heavy atom. The van der Waals surface area contributed by atoms with E-state index in [1.807, 2.05) is 11.3 Å². The number of hydrogen-bond acceptors (Lipinski definition) is 1. The van der Waals surface area contributed by atoms with E-state index in [4.69, 9.17) is 0 Å². The molecule has 2 heterocycles. The molecule has 0 unspecified atom stereocenters. The Bertz CT molecular complexity index is 1140. The molecule has 0 bridgehead atoms. The van der Waals surface area contributed by atoms with Gasteiger partial charge in [0.25, 0.3) is 0 Å². The van der Waals surface area contributed by atoms with Gasteiger partial charge in [0, 0.05) is 42.0 Å². The summed E-state index contributed by atoms with van der Waals surface area (Å²) in [5.41, 5.74) is 3.85. The van der Waals surface area contributed by atoms with E-state index < -0.39 is 0 Å². The zero-order valence-electron chi connectivity index (χ0n) is 11.6. The third kappa shape index (κ3) is 1.40. The Balaban J connectivity index is 2.10. The number of H-pyrrole nitrogens is 1. The lowest BCUT2D eigenvalue weighted by atomic mass is 10.0. The minimum Gasteiger partial charge on any atom is -0.354 e. The highest BCUT2D eigenvalue weighted by molar-refractivity contribution is 7.26. The van der Waals surface area contributed by atoms with Gasteiger partial charge in [-0.25, -0.2) is 0 Å². The maximum atomic E-state index is 3.57. The number of fused-ring (bicyclic) bond motifs is 6. The van der Waals surface area contributed by atoms with Crippen LogP contribution in [0, 0.1) is 6.92 Å². The van der Waals surface area contributed by atoms with Crippen LogP contribution in [0.25, 0.3) is 42.0 Å². The van der Waals surface area contributed by atoms with Gasteiger partial charge < -0.3 is 4.98 Å². The van der Waals surface area contributed by atoms with Crippen LogP contribution in [0.2, 0.25) is 0 Å². The van der Waals surface area contributed by atoms with Crippen LogP contribution < -0.4 is 0 Å². The van der Waals surface area contributed by atoms with Gasteiger partial charge in [-0.05, 0) is 30.7 Å². The summed E-state index contributed by atoms with van der Waals surface area (Å²) in [5.74, 6) is 0. The van der Waals surface area contributed by atoms with Crippen molar-refractivity contribution < 1.29 is 0 Å². The van der Waals surface area contributed by atoms with Crippen LogP contribution in [0.4, 0.5) is 0 Å². The zero-order chi connectivity index (χ0) is 14.0. The highest BCUT2D eigenvalue weighted by Crippen LogP contribution is 2.40. The third-order valence-corrected chi connectivity index (χ3v) is 5.68. The predicted molar refractivity (Wildman–Crippen MR) is 93.4 cm³/mol. The number of rotatable bonds is 0. The minimum atomic E-state index is 1.22. The highest BCUT2D eigenvalue weighted by atomic mass is 32.1. The molecule has 2 heteroatoms. The van der Waals surface area contributed by atoms with E-state index in [-0.39, 0.29) is 0 Å². The summed E-state index contributed by atoms with van der Waals surface area (Å²) >= 11 is 1.90. The van der Waals surface area contributed by atoms with Gasteiger partial charge in [0.15, 0.2) is 0 Å². The standard InChI is InChI=1S/C19H13NS/c1-11-18-13-7-2-4-8-15(13)20-16(18)10-14-12-6-3-5-9-17(12)21-19(11)14/h2-10,20H,1H3. The summed E-state index contributed by atoms with van der Waals surface area (Å²) in [7, 11) is 0. The lowest BCUT2D eigenvalue weighted by Gasteiger charge is -2.00. The fraction of sp³-hybridized carbons (Fsp3) is 0.0526. The van der Waals surface area contributed by atoms with E-state index >= 15 is 0 Å². The van der Waals surface area contributed by atoms with Crippen molar-refractivity contribution in [2.45, 2.75) is 6.92 Å². The molecule has 0 spiro atoms. The minimum absolute atomic E-state index is 1.22. The highest BCUT2D eigenvalue weighted by Gasteiger charge is 2.13. The lowest BCUT2D eigenvalue weighted by Crippen LogP contribution is -1.76. The second kappa shape index (κ2) is 3.86. The average molecular weight is 287 g/mol. The molecule has 0 saturated carbocycles. The summed E-state index contributed by atoms with van der Waals surface area (Å²) in [6.07, 6.45) is 0. The van der Waals surface area contributed by atoms with Crippen LogP contribution in [0.1, 0.15) is 5.56 Å². The maximum Gasteiger partial charge on any atom is 0.0474 e. The van der Waals surface area contributed by atoms with Crippen molar-refractivity contribution in [3.63, 3.8) is 0 Å². The molecule has 0 aliphatic carbocycles. The first kappa shape index (κ1) is 11.4. The number of aromatic nitrogens is 1. The normalized spacial score (nSPS) is 12.0. The molecular formula is C19H13NS. The van der Waals surface area contributed by atoms with E-state index in [0.717, 1.165) is 0 Å². The van der Waals surface area contributed by atoms with Gasteiger partial charge in [0.2, 0.25) is 0 Å². The summed E-state index contributed by atoms with van der Waals surface area (Å²) in [6.45, 7) is 2.25. The molecule has 0 fully saturated rings. The Labute approximate surface area is 125 Å². The molecule has 1 nitrogen and oxygen atoms in total. The second-order valence-electron chi connectivity index (χ2n) is 5.57. The van der Waals surface area contributed by atoms with E-state index in [1.54, 1.807) is 0 Å². The van der Waals surface area contributed by atoms with E-state index in [1.165, 1.54) is 47.5 Å². The van der Waals surface area contributed by atoms with Gasteiger partial charge in [-0.2, -0.15) is 0 Å². The Morgan fingerprint density at radius 1 is 0.810 bits per heavy atom. The molecule has 100 valence electrons. The van der Waals surface area contributed by atoms with Gasteiger partial charge in [-0.1, -0.05) is 36.4 Å². The van der Waals surface area contributed by atoms with Crippen molar-refractivity contribution in [1.29, 1.82) is 0 Å². The Kier molecular flexibility index (Phi) is 2.09. The SMILES string of the molecule is Cc1c2sc3ccccc3c2cc2[nH]c3ccccc3c12. The molecule has 3 aromatic carbocycles. The van der Waals surface area contributed by atoms with E-state index in [9.17, 15) is 0 Å². The monoisotopic (exact) mass is 287 g/mol. The molecule has 0 amide bonds. The number of nitrogens with one attached hydrogen (secondary N) is 1. The molecule has 0 radical (unpaired) electrons. The molecule has 2 aromatic heterocycles. The van der Waals surface area contributed by atoms with Crippen molar-refractivity contribution in [3.8, 4) is 0 Å². The number of hydrogen-bond donors (Lipinski definition) is 1. The number of thiophene rings is 1. The third-order valence-electron chi connectivity index (χ3n) is 4.37. The van der Waals surface area contributed by atoms with Crippen LogP contribution in [0.5, 0.6) is 0 Å². The lowest BCUT2D eigenvalue weighted by molar-refractivity contribution is 1.55. The Morgan fingerprint density at radius 2 is 1.57 bits per heavy atom. The van der Waals surface area contributed by atoms with Gasteiger partial charge in [0.1, 0.15) is 0 Å². The van der Waals surface area contributed by atoms with Gasteiger partial charge in [-0.15, -0.1) is 11.3 Å². The summed E-state index contributed by atoms with van der Waals surface area (Å²) in [4.78, 5) is 3.57. The summed E-state index contributed by atoms with van der Waals surface area (Å²) in [6, 6.07) is 19.6. The van der Waals surface area contributed by atoms with Crippen molar-refractivity contribution in [2.75, 3.05) is 0 Å². The molecule has 0 aliphatic rings. The molecular weight excluding hydrogens is 274 g/mol. The first-order valence-corrected chi connectivity index (χ1v) is 7.96. The fourth-order valence-electron chi connectivity index (χ4n) is 3.42. The van der Waals surface area contributed by atoms with Crippen molar-refractivity contribution in [3.05, 3.63) is 60.2 Å². The Hall–Kier alpha value is -2.32. The largest absolute Gasteiger partial charge is 0.354 e. The quantitative estimate of drug-likeness (QED) is 0.359. The molecule has 0 saturated heterocycles. The maximum absolute atomic E-state index is 3.57. The summed E-state index contributed by atoms with van der Waals surface area (Å²) in [5, 5.41) is 5.42. The molecule has 5 aromatic rings. The van der Waals surface area contributed by atoms with Crippen LogP contribution in [0.15, 0.2) is 54.6 Å². The predicted octanol–water partition coefficient (Wildman–Crippen LogP) is 6.00. The number of para-hydroxylation sites is 1. The van der Waals surface area contributed by atoms with Crippen LogP contribution in [0.3, 0.4) is 0 Å². The number of aryl methyl sites for hydroxylation is 1. The van der Waals surface area contributed by atoms with Gasteiger partial charge >= 0.3 is 0 Å². The first-order valence-electron chi connectivity index (χ1n) is 7.14. The molecule has 0 aliphatic heterocycles. The van der Waals surface area contributed by atoms with Gasteiger partial charge in [0.05, 0.1) is 0 Å². The van der Waals surface area contributed by atoms with Crippen molar-refractivity contribution >= 4 is 53.3 Å². The van der Waals surface area contributed by atoms with E-state index in [2.05, 4.69) is 66.5 Å². The molecule has 21 heavy (non-hydrogen) atoms. The van der Waals surface area contributed by atoms with Crippen LogP contribution in [-0.2, 0) is 0 Å². The topological polar surface area (TPSA) is 15.8 Å². The molecule has 1 N–H and O–H groups in total. The van der Waals surface area contributed by atoms with Gasteiger partial charge in [-0.3, -0.25) is 0 Å². The van der Waals surface area contributed by atoms with Crippen molar-refractivity contribution in [1.82, 2.24) is 4.98 Å². The van der Waals surface area contributed by atoms with E-state index in [0.29, 0.717) is 0 Å². The van der Waals surface area contributed by atoms with Crippen molar-refractivity contribution in [2.24, 2.45) is 0 Å². The molecule has 0 atom stereocenters.